The van der Waals surface area contributed by atoms with Crippen molar-refractivity contribution in [1.82, 2.24) is 9.97 Å². The number of nitrogens with zero attached hydrogens (tertiary/aromatic N) is 1. The summed E-state index contributed by atoms with van der Waals surface area (Å²) in [6, 6.07) is 18.8. The smallest absolute Gasteiger partial charge is 0.137 e. The average Bonchev–Trinajstić information content (AvgIpc) is 3.05. The number of fused-ring (bicyclic) bond motifs is 1. The maximum atomic E-state index is 5.35. The van der Waals surface area contributed by atoms with E-state index in [1.165, 1.54) is 11.1 Å². The van der Waals surface area contributed by atoms with Crippen LogP contribution >= 0.6 is 0 Å². The Balaban J connectivity index is 1.85. The van der Waals surface area contributed by atoms with E-state index in [1.807, 2.05) is 24.5 Å². The van der Waals surface area contributed by atoms with Crippen LogP contribution in [0.3, 0.4) is 0 Å². The third-order valence-electron chi connectivity index (χ3n) is 4.34. The molecular formula is C21H18N2O. The highest BCUT2D eigenvalue weighted by Crippen LogP contribution is 2.32. The van der Waals surface area contributed by atoms with Crippen molar-refractivity contribution < 1.29 is 4.74 Å². The first-order chi connectivity index (χ1) is 11.8. The number of pyridine rings is 1. The molecule has 24 heavy (non-hydrogen) atoms. The van der Waals surface area contributed by atoms with Gasteiger partial charge in [0.05, 0.1) is 7.11 Å². The third-order valence-corrected chi connectivity index (χ3v) is 4.34. The molecule has 1 N–H and O–H groups in total. The summed E-state index contributed by atoms with van der Waals surface area (Å²) in [4.78, 5) is 7.85. The first kappa shape index (κ1) is 14.5. The van der Waals surface area contributed by atoms with Gasteiger partial charge in [0.15, 0.2) is 0 Å². The Hall–Kier alpha value is -3.07. The molecule has 0 atom stereocenters. The van der Waals surface area contributed by atoms with Crippen molar-refractivity contribution in [2.45, 2.75) is 6.92 Å². The zero-order chi connectivity index (χ0) is 16.5. The van der Waals surface area contributed by atoms with Gasteiger partial charge in [0.2, 0.25) is 0 Å². The Labute approximate surface area is 140 Å². The number of rotatable bonds is 3. The lowest BCUT2D eigenvalue weighted by Gasteiger charge is -2.08. The van der Waals surface area contributed by atoms with Crippen molar-refractivity contribution in [1.29, 1.82) is 0 Å². The molecule has 4 rings (SSSR count). The predicted octanol–water partition coefficient (Wildman–Crippen LogP) is 5.21. The summed E-state index contributed by atoms with van der Waals surface area (Å²) in [6.07, 6.45) is 3.94. The second kappa shape index (κ2) is 5.85. The Bertz CT molecular complexity index is 1000. The van der Waals surface area contributed by atoms with Crippen LogP contribution in [0.4, 0.5) is 0 Å². The Morgan fingerprint density at radius 3 is 2.50 bits per heavy atom. The van der Waals surface area contributed by atoms with Gasteiger partial charge in [-0.15, -0.1) is 0 Å². The normalized spacial score (nSPS) is 10.9. The minimum atomic E-state index is 0.902. The molecule has 3 heteroatoms. The second-order valence-electron chi connectivity index (χ2n) is 5.87. The molecule has 0 fully saturated rings. The minimum Gasteiger partial charge on any atom is -0.496 e. The van der Waals surface area contributed by atoms with Crippen LogP contribution in [0.25, 0.3) is 33.3 Å². The lowest BCUT2D eigenvalue weighted by Crippen LogP contribution is -1.88. The number of H-pyrrole nitrogens is 1. The largest absolute Gasteiger partial charge is 0.496 e. The van der Waals surface area contributed by atoms with Gasteiger partial charge >= 0.3 is 0 Å². The maximum Gasteiger partial charge on any atom is 0.137 e. The molecule has 0 aliphatic rings. The van der Waals surface area contributed by atoms with Gasteiger partial charge < -0.3 is 9.72 Å². The molecule has 0 amide bonds. The van der Waals surface area contributed by atoms with Crippen molar-refractivity contribution >= 4 is 11.0 Å². The van der Waals surface area contributed by atoms with Gasteiger partial charge in [0.1, 0.15) is 11.4 Å². The molecule has 0 saturated heterocycles. The minimum absolute atomic E-state index is 0.902. The van der Waals surface area contributed by atoms with Gasteiger partial charge in [-0.2, -0.15) is 0 Å². The molecule has 2 heterocycles. The van der Waals surface area contributed by atoms with Crippen molar-refractivity contribution in [2.75, 3.05) is 7.11 Å². The number of benzene rings is 2. The average molecular weight is 314 g/mol. The van der Waals surface area contributed by atoms with Crippen LogP contribution in [0.2, 0.25) is 0 Å². The third kappa shape index (κ3) is 2.44. The van der Waals surface area contributed by atoms with Gasteiger partial charge in [-0.3, -0.25) is 0 Å². The van der Waals surface area contributed by atoms with Crippen LogP contribution in [0.1, 0.15) is 5.56 Å². The molecule has 2 aromatic heterocycles. The fourth-order valence-corrected chi connectivity index (χ4v) is 3.08. The van der Waals surface area contributed by atoms with Crippen molar-refractivity contribution in [3.05, 3.63) is 72.6 Å². The summed E-state index contributed by atoms with van der Waals surface area (Å²) in [5.74, 6) is 0.902. The highest BCUT2D eigenvalue weighted by molar-refractivity contribution is 5.95. The van der Waals surface area contributed by atoms with Gasteiger partial charge in [-0.25, -0.2) is 4.98 Å². The van der Waals surface area contributed by atoms with Gasteiger partial charge in [0, 0.05) is 28.9 Å². The van der Waals surface area contributed by atoms with E-state index in [4.69, 9.17) is 4.74 Å². The van der Waals surface area contributed by atoms with E-state index in [1.54, 1.807) is 7.11 Å². The molecule has 2 aromatic carbocycles. The van der Waals surface area contributed by atoms with E-state index in [0.717, 1.165) is 33.5 Å². The Morgan fingerprint density at radius 2 is 1.75 bits per heavy atom. The van der Waals surface area contributed by atoms with Crippen LogP contribution in [0.5, 0.6) is 5.75 Å². The monoisotopic (exact) mass is 314 g/mol. The van der Waals surface area contributed by atoms with E-state index >= 15 is 0 Å². The quantitative estimate of drug-likeness (QED) is 0.563. The van der Waals surface area contributed by atoms with E-state index < -0.39 is 0 Å². The summed E-state index contributed by atoms with van der Waals surface area (Å²) < 4.78 is 5.35. The van der Waals surface area contributed by atoms with Crippen LogP contribution in [0.15, 0.2) is 67.0 Å². The lowest BCUT2D eigenvalue weighted by atomic mass is 10.0. The molecule has 0 saturated carbocycles. The number of ether oxygens (including phenoxy) is 1. The number of methoxy groups -OCH3 is 1. The molecule has 0 unspecified atom stereocenters. The maximum absolute atomic E-state index is 5.35. The SMILES string of the molecule is COc1ccc(-c2cnc3[nH]cc(-c4ccccc4)c3c2)cc1C. The number of hydrogen-bond donors (Lipinski definition) is 1. The highest BCUT2D eigenvalue weighted by atomic mass is 16.5. The fraction of sp³-hybridized carbons (Fsp3) is 0.0952. The first-order valence-electron chi connectivity index (χ1n) is 7.94. The number of aromatic nitrogens is 2. The first-order valence-corrected chi connectivity index (χ1v) is 7.94. The van der Waals surface area contributed by atoms with Gasteiger partial charge in [-0.1, -0.05) is 36.4 Å². The number of hydrogen-bond acceptors (Lipinski definition) is 2. The number of aryl methyl sites for hydroxylation is 1. The molecule has 118 valence electrons. The standard InChI is InChI=1S/C21H18N2O/c1-14-10-16(8-9-20(14)24-2)17-11-18-19(13-23-21(18)22-12-17)15-6-4-3-5-7-15/h3-13H,1-2H3,(H,22,23). The second-order valence-corrected chi connectivity index (χ2v) is 5.87. The molecule has 0 spiro atoms. The molecule has 0 bridgehead atoms. The molecule has 4 aromatic rings. The van der Waals surface area contributed by atoms with Crippen molar-refractivity contribution in [3.63, 3.8) is 0 Å². The Kier molecular flexibility index (Phi) is 3.54. The van der Waals surface area contributed by atoms with Crippen molar-refractivity contribution in [3.8, 4) is 28.0 Å². The zero-order valence-electron chi connectivity index (χ0n) is 13.7. The Morgan fingerprint density at radius 1 is 0.917 bits per heavy atom. The molecule has 3 nitrogen and oxygen atoms in total. The van der Waals surface area contributed by atoms with E-state index in [-0.39, 0.29) is 0 Å². The van der Waals surface area contributed by atoms with E-state index in [2.05, 4.69) is 59.4 Å². The van der Waals surface area contributed by atoms with Crippen LogP contribution in [0, 0.1) is 6.92 Å². The molecule has 0 aliphatic heterocycles. The topological polar surface area (TPSA) is 37.9 Å². The summed E-state index contributed by atoms with van der Waals surface area (Å²) in [7, 11) is 1.70. The van der Waals surface area contributed by atoms with E-state index in [9.17, 15) is 0 Å². The molecular weight excluding hydrogens is 296 g/mol. The van der Waals surface area contributed by atoms with Crippen molar-refractivity contribution in [2.24, 2.45) is 0 Å². The summed E-state index contributed by atoms with van der Waals surface area (Å²) in [5.41, 5.74) is 6.63. The molecule has 0 radical (unpaired) electrons. The number of aromatic amines is 1. The zero-order valence-corrected chi connectivity index (χ0v) is 13.7. The summed E-state index contributed by atoms with van der Waals surface area (Å²) in [5, 5.41) is 1.13. The highest BCUT2D eigenvalue weighted by Gasteiger charge is 2.09. The summed E-state index contributed by atoms with van der Waals surface area (Å²) >= 11 is 0. The van der Waals surface area contributed by atoms with Gasteiger partial charge in [0.25, 0.3) is 0 Å². The number of nitrogens with one attached hydrogen (secondary N) is 1. The van der Waals surface area contributed by atoms with Crippen LogP contribution in [-0.4, -0.2) is 17.1 Å². The van der Waals surface area contributed by atoms with Crippen LogP contribution in [-0.2, 0) is 0 Å². The summed E-state index contributed by atoms with van der Waals surface area (Å²) in [6.45, 7) is 2.06. The predicted molar refractivity (Wildman–Crippen MR) is 98.3 cm³/mol. The lowest BCUT2D eigenvalue weighted by molar-refractivity contribution is 0.412. The fourth-order valence-electron chi connectivity index (χ4n) is 3.08. The van der Waals surface area contributed by atoms with Crippen LogP contribution < -0.4 is 4.74 Å². The molecule has 0 aliphatic carbocycles. The van der Waals surface area contributed by atoms with E-state index in [0.29, 0.717) is 0 Å². The van der Waals surface area contributed by atoms with Gasteiger partial charge in [-0.05, 0) is 41.8 Å².